The topological polar surface area (TPSA) is 34.5 Å². The van der Waals surface area contributed by atoms with Crippen LogP contribution in [0.2, 0.25) is 0 Å². The van der Waals surface area contributed by atoms with Crippen LogP contribution in [0, 0.1) is 12.8 Å². The standard InChI is InChI=1S/C31H46N2O2/c1-21-27(29(34)32-19-26(20-32)35-8)17-28(33(21)18-22-12-10-9-11-13-22)23-14-24(30(2,3)4)16-25(15-23)31(5,6)7/h14-17,22,26H,9-13,18-20H2,1-8H3. The number of nitrogens with zero attached hydrogens (tertiary/aromatic N) is 2. The number of rotatable bonds is 5. The maximum Gasteiger partial charge on any atom is 0.255 e. The maximum absolute atomic E-state index is 13.5. The Morgan fingerprint density at radius 2 is 1.49 bits per heavy atom. The highest BCUT2D eigenvalue weighted by molar-refractivity contribution is 5.97. The summed E-state index contributed by atoms with van der Waals surface area (Å²) in [6, 6.07) is 9.27. The summed E-state index contributed by atoms with van der Waals surface area (Å²) in [5, 5.41) is 0. The number of carbonyl (C=O) groups is 1. The summed E-state index contributed by atoms with van der Waals surface area (Å²) in [4.78, 5) is 15.4. The van der Waals surface area contributed by atoms with E-state index in [0.29, 0.717) is 19.0 Å². The van der Waals surface area contributed by atoms with Crippen LogP contribution in [0.4, 0.5) is 0 Å². The first-order valence-electron chi connectivity index (χ1n) is 13.6. The molecule has 1 amide bonds. The van der Waals surface area contributed by atoms with Crippen molar-refractivity contribution in [2.75, 3.05) is 20.2 Å². The highest BCUT2D eigenvalue weighted by Crippen LogP contribution is 2.37. The van der Waals surface area contributed by atoms with Crippen molar-refractivity contribution < 1.29 is 9.53 Å². The average Bonchev–Trinajstić information content (AvgIpc) is 3.08. The van der Waals surface area contributed by atoms with E-state index in [1.165, 1.54) is 54.5 Å². The fraction of sp³-hybridized carbons (Fsp3) is 0.645. The molecule has 0 unspecified atom stereocenters. The van der Waals surface area contributed by atoms with Gasteiger partial charge in [0.2, 0.25) is 0 Å². The molecule has 1 aromatic heterocycles. The fourth-order valence-corrected chi connectivity index (χ4v) is 5.53. The van der Waals surface area contributed by atoms with Crippen LogP contribution in [0.5, 0.6) is 0 Å². The molecule has 1 saturated heterocycles. The molecule has 0 radical (unpaired) electrons. The van der Waals surface area contributed by atoms with Gasteiger partial charge in [-0.1, -0.05) is 66.9 Å². The summed E-state index contributed by atoms with van der Waals surface area (Å²) in [5.74, 6) is 0.828. The molecule has 0 bridgehead atoms. The molecule has 4 nitrogen and oxygen atoms in total. The number of hydrogen-bond acceptors (Lipinski definition) is 2. The van der Waals surface area contributed by atoms with Crippen LogP contribution in [-0.2, 0) is 22.1 Å². The molecular formula is C31H46N2O2. The van der Waals surface area contributed by atoms with Gasteiger partial charge >= 0.3 is 0 Å². The lowest BCUT2D eigenvalue weighted by Gasteiger charge is -2.38. The van der Waals surface area contributed by atoms with Gasteiger partial charge in [-0.25, -0.2) is 0 Å². The third kappa shape index (κ3) is 5.53. The van der Waals surface area contributed by atoms with Crippen molar-refractivity contribution in [1.29, 1.82) is 0 Å². The third-order valence-corrected chi connectivity index (χ3v) is 8.19. The van der Waals surface area contributed by atoms with Crippen molar-refractivity contribution in [1.82, 2.24) is 9.47 Å². The van der Waals surface area contributed by atoms with Gasteiger partial charge in [0.05, 0.1) is 11.7 Å². The quantitative estimate of drug-likeness (QED) is 0.459. The number of aromatic nitrogens is 1. The van der Waals surface area contributed by atoms with E-state index in [9.17, 15) is 4.79 Å². The van der Waals surface area contributed by atoms with Gasteiger partial charge in [0.15, 0.2) is 0 Å². The van der Waals surface area contributed by atoms with Crippen molar-refractivity contribution in [3.8, 4) is 11.3 Å². The van der Waals surface area contributed by atoms with E-state index in [0.717, 1.165) is 17.8 Å². The zero-order valence-corrected chi connectivity index (χ0v) is 23.3. The van der Waals surface area contributed by atoms with Gasteiger partial charge in [-0.2, -0.15) is 0 Å². The van der Waals surface area contributed by atoms with Gasteiger partial charge in [-0.05, 0) is 71.4 Å². The summed E-state index contributed by atoms with van der Waals surface area (Å²) >= 11 is 0. The summed E-state index contributed by atoms with van der Waals surface area (Å²) < 4.78 is 7.89. The van der Waals surface area contributed by atoms with Crippen LogP contribution >= 0.6 is 0 Å². The van der Waals surface area contributed by atoms with E-state index in [1.54, 1.807) is 7.11 Å². The first-order valence-corrected chi connectivity index (χ1v) is 13.6. The maximum atomic E-state index is 13.5. The zero-order valence-electron chi connectivity index (χ0n) is 23.3. The lowest BCUT2D eigenvalue weighted by atomic mass is 9.79. The van der Waals surface area contributed by atoms with E-state index in [2.05, 4.69) is 77.3 Å². The van der Waals surface area contributed by atoms with Crippen molar-refractivity contribution in [2.24, 2.45) is 5.92 Å². The van der Waals surface area contributed by atoms with Crippen LogP contribution in [0.15, 0.2) is 24.3 Å². The molecule has 0 spiro atoms. The average molecular weight is 479 g/mol. The second-order valence-electron chi connectivity index (χ2n) is 13.0. The molecule has 0 atom stereocenters. The molecule has 192 valence electrons. The van der Waals surface area contributed by atoms with Crippen LogP contribution in [0.1, 0.15) is 101 Å². The van der Waals surface area contributed by atoms with Gasteiger partial charge in [-0.15, -0.1) is 0 Å². The second kappa shape index (κ2) is 9.76. The van der Waals surface area contributed by atoms with E-state index in [-0.39, 0.29) is 22.8 Å². The second-order valence-corrected chi connectivity index (χ2v) is 13.0. The van der Waals surface area contributed by atoms with Gasteiger partial charge in [0.1, 0.15) is 0 Å². The highest BCUT2D eigenvalue weighted by Gasteiger charge is 2.33. The molecular weight excluding hydrogens is 432 g/mol. The van der Waals surface area contributed by atoms with E-state index < -0.39 is 0 Å². The number of amides is 1. The van der Waals surface area contributed by atoms with Crippen LogP contribution in [-0.4, -0.2) is 41.7 Å². The first-order chi connectivity index (χ1) is 16.4. The lowest BCUT2D eigenvalue weighted by molar-refractivity contribution is -0.0192. The predicted octanol–water partition coefficient (Wildman–Crippen LogP) is 7.11. The molecule has 2 aromatic rings. The molecule has 1 aliphatic heterocycles. The summed E-state index contributed by atoms with van der Waals surface area (Å²) in [5.41, 5.74) is 7.19. The Balaban J connectivity index is 1.81. The number of likely N-dealkylation sites (tertiary alicyclic amines) is 1. The fourth-order valence-electron chi connectivity index (χ4n) is 5.53. The monoisotopic (exact) mass is 478 g/mol. The molecule has 2 fully saturated rings. The summed E-state index contributed by atoms with van der Waals surface area (Å²) in [6.45, 7) is 18.2. The third-order valence-electron chi connectivity index (χ3n) is 8.19. The van der Waals surface area contributed by atoms with Gasteiger partial charge in [0, 0.05) is 38.1 Å². The summed E-state index contributed by atoms with van der Waals surface area (Å²) in [7, 11) is 1.73. The van der Waals surface area contributed by atoms with Crippen molar-refractivity contribution in [3.05, 3.63) is 46.6 Å². The van der Waals surface area contributed by atoms with E-state index in [1.807, 2.05) is 4.90 Å². The first kappa shape index (κ1) is 26.0. The Labute approximate surface area is 213 Å². The Morgan fingerprint density at radius 3 is 2.00 bits per heavy atom. The smallest absolute Gasteiger partial charge is 0.255 e. The lowest BCUT2D eigenvalue weighted by Crippen LogP contribution is -2.54. The number of benzene rings is 1. The number of ether oxygens (including phenoxy) is 1. The Kier molecular flexibility index (Phi) is 7.26. The Hall–Kier alpha value is -2.07. The number of carbonyl (C=O) groups excluding carboxylic acids is 1. The number of hydrogen-bond donors (Lipinski definition) is 0. The summed E-state index contributed by atoms with van der Waals surface area (Å²) in [6.07, 6.45) is 6.75. The molecule has 2 heterocycles. The van der Waals surface area contributed by atoms with Crippen molar-refractivity contribution in [3.63, 3.8) is 0 Å². The van der Waals surface area contributed by atoms with Crippen LogP contribution in [0.25, 0.3) is 11.3 Å². The molecule has 35 heavy (non-hydrogen) atoms. The molecule has 4 heteroatoms. The SMILES string of the molecule is COC1CN(C(=O)c2cc(-c3cc(C(C)(C)C)cc(C(C)(C)C)c3)n(CC3CCCCC3)c2C)C1. The van der Waals surface area contributed by atoms with Crippen molar-refractivity contribution in [2.45, 2.75) is 104 Å². The molecule has 1 aliphatic carbocycles. The number of methoxy groups -OCH3 is 1. The van der Waals surface area contributed by atoms with E-state index in [4.69, 9.17) is 4.74 Å². The van der Waals surface area contributed by atoms with Crippen LogP contribution < -0.4 is 0 Å². The predicted molar refractivity (Wildman–Crippen MR) is 145 cm³/mol. The zero-order chi connectivity index (χ0) is 25.5. The minimum atomic E-state index is 0.0529. The molecule has 2 aliphatic rings. The molecule has 1 saturated carbocycles. The van der Waals surface area contributed by atoms with Gasteiger partial charge in [-0.3, -0.25) is 4.79 Å². The molecule has 4 rings (SSSR count). The largest absolute Gasteiger partial charge is 0.378 e. The normalized spacial score (nSPS) is 18.1. The van der Waals surface area contributed by atoms with Gasteiger partial charge in [0.25, 0.3) is 5.91 Å². The molecule has 0 N–H and O–H groups in total. The Morgan fingerprint density at radius 1 is 0.914 bits per heavy atom. The minimum absolute atomic E-state index is 0.0529. The van der Waals surface area contributed by atoms with Crippen molar-refractivity contribution >= 4 is 5.91 Å². The Bertz CT molecular complexity index is 1020. The van der Waals surface area contributed by atoms with E-state index >= 15 is 0 Å². The minimum Gasteiger partial charge on any atom is -0.378 e. The van der Waals surface area contributed by atoms with Gasteiger partial charge < -0.3 is 14.2 Å². The molecule has 1 aromatic carbocycles. The highest BCUT2D eigenvalue weighted by atomic mass is 16.5. The van der Waals surface area contributed by atoms with Crippen LogP contribution in [0.3, 0.4) is 0 Å².